The van der Waals surface area contributed by atoms with E-state index in [0.29, 0.717) is 19.1 Å². The van der Waals surface area contributed by atoms with Crippen molar-refractivity contribution >= 4 is 12.0 Å². The van der Waals surface area contributed by atoms with Gasteiger partial charge in [0.2, 0.25) is 0 Å². The van der Waals surface area contributed by atoms with E-state index in [-0.39, 0.29) is 18.0 Å². The Hall–Kier alpha value is -1.30. The number of aliphatic carboxylic acids is 1. The molecular formula is C14H24N2O4. The average molecular weight is 284 g/mol. The van der Waals surface area contributed by atoms with Gasteiger partial charge in [-0.05, 0) is 17.8 Å². The number of carbonyl (C=O) groups excluding carboxylic acids is 1. The zero-order chi connectivity index (χ0) is 14.9. The molecule has 0 aromatic heterocycles. The molecular weight excluding hydrogens is 260 g/mol. The van der Waals surface area contributed by atoms with Crippen LogP contribution in [0.3, 0.4) is 0 Å². The van der Waals surface area contributed by atoms with E-state index in [1.54, 1.807) is 4.90 Å². The maximum atomic E-state index is 12.4. The second-order valence-corrected chi connectivity index (χ2v) is 6.72. The Balaban J connectivity index is 1.93. The molecule has 2 heterocycles. The van der Waals surface area contributed by atoms with Crippen molar-refractivity contribution in [1.82, 2.24) is 9.80 Å². The van der Waals surface area contributed by atoms with Gasteiger partial charge in [-0.15, -0.1) is 0 Å². The van der Waals surface area contributed by atoms with E-state index in [1.807, 2.05) is 4.90 Å². The molecule has 0 bridgehead atoms. The van der Waals surface area contributed by atoms with Gasteiger partial charge in [0.1, 0.15) is 0 Å². The minimum atomic E-state index is -1.00. The van der Waals surface area contributed by atoms with Crippen molar-refractivity contribution in [2.45, 2.75) is 33.3 Å². The van der Waals surface area contributed by atoms with Crippen LogP contribution in [0.15, 0.2) is 0 Å². The molecule has 114 valence electrons. The molecule has 2 amide bonds. The lowest BCUT2D eigenvalue weighted by atomic mass is 9.80. The fourth-order valence-electron chi connectivity index (χ4n) is 2.81. The molecule has 0 aliphatic carbocycles. The fourth-order valence-corrected chi connectivity index (χ4v) is 2.81. The van der Waals surface area contributed by atoms with Gasteiger partial charge in [0.25, 0.3) is 0 Å². The van der Waals surface area contributed by atoms with Gasteiger partial charge in [0, 0.05) is 19.6 Å². The van der Waals surface area contributed by atoms with Crippen LogP contribution in [0.1, 0.15) is 27.2 Å². The molecule has 20 heavy (non-hydrogen) atoms. The molecule has 2 rings (SSSR count). The van der Waals surface area contributed by atoms with Crippen LogP contribution in [0, 0.1) is 11.3 Å². The van der Waals surface area contributed by atoms with Crippen molar-refractivity contribution in [2.24, 2.45) is 11.3 Å². The van der Waals surface area contributed by atoms with Crippen LogP contribution in [0.5, 0.6) is 0 Å². The molecule has 0 aromatic rings. The van der Waals surface area contributed by atoms with Crippen molar-refractivity contribution in [1.29, 1.82) is 0 Å². The third kappa shape index (κ3) is 3.23. The molecule has 6 nitrogen and oxygen atoms in total. The topological polar surface area (TPSA) is 70.1 Å². The number of hydrogen-bond acceptors (Lipinski definition) is 3. The summed E-state index contributed by atoms with van der Waals surface area (Å²) in [5.41, 5.74) is 0.198. The number of amides is 2. The van der Waals surface area contributed by atoms with Gasteiger partial charge in [-0.25, -0.2) is 9.59 Å². The number of morpholine rings is 1. The number of urea groups is 1. The van der Waals surface area contributed by atoms with Crippen LogP contribution in [-0.2, 0) is 9.53 Å². The largest absolute Gasteiger partial charge is 0.479 e. The lowest BCUT2D eigenvalue weighted by molar-refractivity contribution is -0.154. The van der Waals surface area contributed by atoms with Gasteiger partial charge in [0.15, 0.2) is 6.10 Å². The number of carbonyl (C=O) groups is 2. The summed E-state index contributed by atoms with van der Waals surface area (Å²) in [6.07, 6.45) is 0.121. The predicted octanol–water partition coefficient (Wildman–Crippen LogP) is 1.26. The first-order valence-corrected chi connectivity index (χ1v) is 7.17. The van der Waals surface area contributed by atoms with Gasteiger partial charge in [-0.1, -0.05) is 20.8 Å². The highest BCUT2D eigenvalue weighted by Gasteiger charge is 2.37. The number of hydrogen-bond donors (Lipinski definition) is 1. The fraction of sp³-hybridized carbons (Fsp3) is 0.857. The molecule has 0 aromatic carbocycles. The summed E-state index contributed by atoms with van der Waals surface area (Å²) < 4.78 is 5.15. The monoisotopic (exact) mass is 284 g/mol. The van der Waals surface area contributed by atoms with Gasteiger partial charge >= 0.3 is 12.0 Å². The minimum Gasteiger partial charge on any atom is -0.479 e. The number of carboxylic acid groups (broad SMARTS) is 1. The molecule has 2 aliphatic rings. The maximum absolute atomic E-state index is 12.4. The molecule has 2 fully saturated rings. The van der Waals surface area contributed by atoms with E-state index in [2.05, 4.69) is 20.8 Å². The van der Waals surface area contributed by atoms with Crippen molar-refractivity contribution in [3.63, 3.8) is 0 Å². The number of rotatable bonds is 1. The molecule has 6 heteroatoms. The van der Waals surface area contributed by atoms with E-state index in [0.717, 1.165) is 19.5 Å². The molecule has 0 spiro atoms. The third-order valence-electron chi connectivity index (χ3n) is 4.30. The van der Waals surface area contributed by atoms with Crippen LogP contribution in [-0.4, -0.2) is 65.8 Å². The Morgan fingerprint density at radius 2 is 1.80 bits per heavy atom. The van der Waals surface area contributed by atoms with Crippen LogP contribution >= 0.6 is 0 Å². The Morgan fingerprint density at radius 3 is 2.35 bits per heavy atom. The summed E-state index contributed by atoms with van der Waals surface area (Å²) in [4.78, 5) is 26.8. The van der Waals surface area contributed by atoms with Gasteiger partial charge in [0.05, 0.1) is 13.2 Å². The van der Waals surface area contributed by atoms with E-state index < -0.39 is 12.1 Å². The summed E-state index contributed by atoms with van der Waals surface area (Å²) in [5.74, 6) is -0.501. The number of nitrogens with zero attached hydrogens (tertiary/aromatic N) is 2. The quantitative estimate of drug-likeness (QED) is 0.787. The van der Waals surface area contributed by atoms with E-state index in [4.69, 9.17) is 9.84 Å². The number of likely N-dealkylation sites (tertiary alicyclic amines) is 1. The standard InChI is InChI=1S/C14H24N2O4/c1-14(2,3)10-4-5-15(8-10)13(19)16-6-7-20-11(9-16)12(17)18/h10-11H,4-9H2,1-3H3,(H,17,18). The van der Waals surface area contributed by atoms with Gasteiger partial charge in [-0.2, -0.15) is 0 Å². The SMILES string of the molecule is CC(C)(C)C1CCN(C(=O)N2CCOC(C(=O)O)C2)C1. The zero-order valence-electron chi connectivity index (χ0n) is 12.5. The first kappa shape index (κ1) is 15.1. The normalized spacial score (nSPS) is 27.8. The van der Waals surface area contributed by atoms with E-state index >= 15 is 0 Å². The highest BCUT2D eigenvalue weighted by atomic mass is 16.5. The summed E-state index contributed by atoms with van der Waals surface area (Å²) in [6, 6.07) is -0.0497. The second kappa shape index (κ2) is 5.60. The van der Waals surface area contributed by atoms with Crippen LogP contribution in [0.25, 0.3) is 0 Å². The number of carboxylic acids is 1. The average Bonchev–Trinajstić information content (AvgIpc) is 2.87. The highest BCUT2D eigenvalue weighted by molar-refractivity contribution is 5.77. The Labute approximate surface area is 119 Å². The van der Waals surface area contributed by atoms with E-state index in [9.17, 15) is 9.59 Å². The molecule has 2 saturated heterocycles. The summed E-state index contributed by atoms with van der Waals surface area (Å²) >= 11 is 0. The first-order valence-electron chi connectivity index (χ1n) is 7.17. The molecule has 0 saturated carbocycles. The van der Waals surface area contributed by atoms with Crippen LogP contribution in [0.4, 0.5) is 4.79 Å². The maximum Gasteiger partial charge on any atom is 0.334 e. The lowest BCUT2D eigenvalue weighted by Gasteiger charge is -2.34. The van der Waals surface area contributed by atoms with Gasteiger partial charge < -0.3 is 19.6 Å². The minimum absolute atomic E-state index is 0.0497. The molecule has 2 aliphatic heterocycles. The van der Waals surface area contributed by atoms with Gasteiger partial charge in [-0.3, -0.25) is 0 Å². The van der Waals surface area contributed by atoms with Crippen molar-refractivity contribution in [2.75, 3.05) is 32.8 Å². The third-order valence-corrected chi connectivity index (χ3v) is 4.30. The summed E-state index contributed by atoms with van der Waals surface area (Å²) in [7, 11) is 0. The Kier molecular flexibility index (Phi) is 4.22. The smallest absolute Gasteiger partial charge is 0.334 e. The van der Waals surface area contributed by atoms with Crippen molar-refractivity contribution in [3.05, 3.63) is 0 Å². The summed E-state index contributed by atoms with van der Waals surface area (Å²) in [6.45, 7) is 9.01. The Morgan fingerprint density at radius 1 is 1.15 bits per heavy atom. The Bertz CT molecular complexity index is 391. The molecule has 2 atom stereocenters. The predicted molar refractivity (Wildman–Crippen MR) is 73.5 cm³/mol. The second-order valence-electron chi connectivity index (χ2n) is 6.72. The van der Waals surface area contributed by atoms with E-state index in [1.165, 1.54) is 0 Å². The lowest BCUT2D eigenvalue weighted by Crippen LogP contribution is -2.52. The molecule has 0 radical (unpaired) electrons. The van der Waals surface area contributed by atoms with Crippen molar-refractivity contribution in [3.8, 4) is 0 Å². The molecule has 2 unspecified atom stereocenters. The van der Waals surface area contributed by atoms with Crippen molar-refractivity contribution < 1.29 is 19.4 Å². The zero-order valence-corrected chi connectivity index (χ0v) is 12.5. The molecule has 1 N–H and O–H groups in total. The summed E-state index contributed by atoms with van der Waals surface area (Å²) in [5, 5.41) is 8.98. The highest BCUT2D eigenvalue weighted by Crippen LogP contribution is 2.34. The van der Waals surface area contributed by atoms with Crippen LogP contribution in [0.2, 0.25) is 0 Å². The van der Waals surface area contributed by atoms with Crippen LogP contribution < -0.4 is 0 Å². The first-order chi connectivity index (χ1) is 9.29. The number of ether oxygens (including phenoxy) is 1.